The van der Waals surface area contributed by atoms with Gasteiger partial charge in [-0.1, -0.05) is 13.8 Å². The second-order valence-electron chi connectivity index (χ2n) is 5.98. The highest BCUT2D eigenvalue weighted by molar-refractivity contribution is 4.75. The minimum atomic E-state index is 0.715. The fourth-order valence-electron chi connectivity index (χ4n) is 2.64. The van der Waals surface area contributed by atoms with Crippen LogP contribution in [-0.4, -0.2) is 37.6 Å². The lowest BCUT2D eigenvalue weighted by molar-refractivity contribution is 0.169. The summed E-state index contributed by atoms with van der Waals surface area (Å²) in [5, 5.41) is 12.1. The standard InChI is InChI=1S/C15H29N3/c1-14(2)11-17-12-15-7-6-10-18(13-15)9-5-3-4-8-16/h14-15,17H,3-7,9-13H2,1-2H3. The van der Waals surface area contributed by atoms with E-state index in [2.05, 4.69) is 30.1 Å². The molecular weight excluding hydrogens is 222 g/mol. The molecular formula is C15H29N3. The topological polar surface area (TPSA) is 39.1 Å². The summed E-state index contributed by atoms with van der Waals surface area (Å²) in [6.07, 6.45) is 5.67. The van der Waals surface area contributed by atoms with Gasteiger partial charge >= 0.3 is 0 Å². The van der Waals surface area contributed by atoms with Crippen molar-refractivity contribution >= 4 is 0 Å². The third-order valence-electron chi connectivity index (χ3n) is 3.60. The van der Waals surface area contributed by atoms with Crippen LogP contribution in [0.1, 0.15) is 46.0 Å². The number of unbranched alkanes of at least 4 members (excludes halogenated alkanes) is 2. The summed E-state index contributed by atoms with van der Waals surface area (Å²) >= 11 is 0. The SMILES string of the molecule is CC(C)CNCC1CCCN(CCCCC#N)C1. The number of hydrogen-bond donors (Lipinski definition) is 1. The second kappa shape index (κ2) is 9.35. The lowest BCUT2D eigenvalue weighted by Crippen LogP contribution is -2.40. The van der Waals surface area contributed by atoms with Gasteiger partial charge in [0.05, 0.1) is 6.07 Å². The van der Waals surface area contributed by atoms with E-state index in [1.165, 1.54) is 45.4 Å². The number of rotatable bonds is 8. The van der Waals surface area contributed by atoms with E-state index in [0.29, 0.717) is 6.42 Å². The Kier molecular flexibility index (Phi) is 8.04. The molecule has 1 aliphatic heterocycles. The first kappa shape index (κ1) is 15.5. The first-order chi connectivity index (χ1) is 8.72. The third kappa shape index (κ3) is 6.98. The Hall–Kier alpha value is -0.590. The molecule has 1 heterocycles. The summed E-state index contributed by atoms with van der Waals surface area (Å²) in [5.74, 6) is 1.57. The average molecular weight is 251 g/mol. The van der Waals surface area contributed by atoms with E-state index in [-0.39, 0.29) is 0 Å². The molecule has 0 aromatic rings. The molecule has 0 amide bonds. The normalized spacial score (nSPS) is 21.1. The van der Waals surface area contributed by atoms with Gasteiger partial charge < -0.3 is 10.2 Å². The summed E-state index contributed by atoms with van der Waals surface area (Å²) in [7, 11) is 0. The molecule has 1 atom stereocenters. The Bertz CT molecular complexity index is 245. The third-order valence-corrected chi connectivity index (χ3v) is 3.60. The number of nitriles is 1. The molecule has 0 aliphatic carbocycles. The van der Waals surface area contributed by atoms with Crippen molar-refractivity contribution in [1.29, 1.82) is 5.26 Å². The molecule has 0 bridgehead atoms. The van der Waals surface area contributed by atoms with Crippen molar-refractivity contribution in [2.75, 3.05) is 32.7 Å². The number of piperidine rings is 1. The zero-order valence-electron chi connectivity index (χ0n) is 12.1. The maximum Gasteiger partial charge on any atom is 0.0621 e. The highest BCUT2D eigenvalue weighted by Crippen LogP contribution is 2.16. The van der Waals surface area contributed by atoms with Crippen molar-refractivity contribution in [1.82, 2.24) is 10.2 Å². The van der Waals surface area contributed by atoms with Crippen molar-refractivity contribution in [3.8, 4) is 6.07 Å². The van der Waals surface area contributed by atoms with Crippen LogP contribution >= 0.6 is 0 Å². The summed E-state index contributed by atoms with van der Waals surface area (Å²) in [6.45, 7) is 10.5. The van der Waals surface area contributed by atoms with E-state index in [1.807, 2.05) is 0 Å². The Morgan fingerprint density at radius 2 is 2.22 bits per heavy atom. The van der Waals surface area contributed by atoms with Crippen LogP contribution < -0.4 is 5.32 Å². The molecule has 0 saturated carbocycles. The highest BCUT2D eigenvalue weighted by atomic mass is 15.1. The van der Waals surface area contributed by atoms with Crippen molar-refractivity contribution in [3.63, 3.8) is 0 Å². The zero-order valence-corrected chi connectivity index (χ0v) is 12.1. The Morgan fingerprint density at radius 1 is 1.39 bits per heavy atom. The van der Waals surface area contributed by atoms with Crippen LogP contribution in [0.5, 0.6) is 0 Å². The van der Waals surface area contributed by atoms with Gasteiger partial charge in [-0.3, -0.25) is 0 Å². The van der Waals surface area contributed by atoms with Gasteiger partial charge in [-0.05, 0) is 63.7 Å². The minimum absolute atomic E-state index is 0.715. The molecule has 1 rings (SSSR count). The van der Waals surface area contributed by atoms with Gasteiger partial charge in [0.15, 0.2) is 0 Å². The van der Waals surface area contributed by atoms with E-state index >= 15 is 0 Å². The summed E-state index contributed by atoms with van der Waals surface area (Å²) in [4.78, 5) is 2.59. The number of nitrogens with one attached hydrogen (secondary N) is 1. The van der Waals surface area contributed by atoms with Gasteiger partial charge in [-0.25, -0.2) is 0 Å². The molecule has 0 spiro atoms. The van der Waals surface area contributed by atoms with Gasteiger partial charge in [-0.15, -0.1) is 0 Å². The fraction of sp³-hybridized carbons (Fsp3) is 0.933. The van der Waals surface area contributed by atoms with Crippen LogP contribution in [0.25, 0.3) is 0 Å². The molecule has 18 heavy (non-hydrogen) atoms. The predicted octanol–water partition coefficient (Wildman–Crippen LogP) is 2.64. The smallest absolute Gasteiger partial charge is 0.0621 e. The maximum absolute atomic E-state index is 8.52. The van der Waals surface area contributed by atoms with E-state index in [1.54, 1.807) is 0 Å². The monoisotopic (exact) mass is 251 g/mol. The average Bonchev–Trinajstić information content (AvgIpc) is 2.35. The highest BCUT2D eigenvalue weighted by Gasteiger charge is 2.18. The van der Waals surface area contributed by atoms with Crippen molar-refractivity contribution in [3.05, 3.63) is 0 Å². The van der Waals surface area contributed by atoms with Crippen LogP contribution in [-0.2, 0) is 0 Å². The molecule has 3 heteroatoms. The van der Waals surface area contributed by atoms with Crippen LogP contribution in [0.4, 0.5) is 0 Å². The summed E-state index contributed by atoms with van der Waals surface area (Å²) < 4.78 is 0. The van der Waals surface area contributed by atoms with Gasteiger partial charge in [0, 0.05) is 13.0 Å². The maximum atomic E-state index is 8.52. The van der Waals surface area contributed by atoms with Gasteiger partial charge in [0.25, 0.3) is 0 Å². The van der Waals surface area contributed by atoms with Gasteiger partial charge in [0.2, 0.25) is 0 Å². The van der Waals surface area contributed by atoms with Crippen molar-refractivity contribution in [2.45, 2.75) is 46.0 Å². The molecule has 1 saturated heterocycles. The molecule has 1 unspecified atom stereocenters. The molecule has 1 aliphatic rings. The lowest BCUT2D eigenvalue weighted by atomic mass is 9.97. The van der Waals surface area contributed by atoms with Gasteiger partial charge in [-0.2, -0.15) is 5.26 Å². The van der Waals surface area contributed by atoms with Crippen LogP contribution in [0.15, 0.2) is 0 Å². The lowest BCUT2D eigenvalue weighted by Gasteiger charge is -2.33. The largest absolute Gasteiger partial charge is 0.316 e. The summed E-state index contributed by atoms with van der Waals surface area (Å²) in [5.41, 5.74) is 0. The molecule has 1 N–H and O–H groups in total. The molecule has 0 aromatic carbocycles. The summed E-state index contributed by atoms with van der Waals surface area (Å²) in [6, 6.07) is 2.22. The molecule has 3 nitrogen and oxygen atoms in total. The molecule has 0 aromatic heterocycles. The molecule has 0 radical (unpaired) electrons. The van der Waals surface area contributed by atoms with E-state index < -0.39 is 0 Å². The molecule has 104 valence electrons. The predicted molar refractivity (Wildman–Crippen MR) is 76.3 cm³/mol. The minimum Gasteiger partial charge on any atom is -0.316 e. The van der Waals surface area contributed by atoms with Crippen LogP contribution in [0.3, 0.4) is 0 Å². The second-order valence-corrected chi connectivity index (χ2v) is 5.98. The Balaban J connectivity index is 2.10. The zero-order chi connectivity index (χ0) is 13.2. The number of hydrogen-bond acceptors (Lipinski definition) is 3. The Morgan fingerprint density at radius 3 is 2.94 bits per heavy atom. The molecule has 1 fully saturated rings. The quantitative estimate of drug-likeness (QED) is 0.674. The van der Waals surface area contributed by atoms with E-state index in [9.17, 15) is 0 Å². The van der Waals surface area contributed by atoms with Crippen molar-refractivity contribution < 1.29 is 0 Å². The number of likely N-dealkylation sites (tertiary alicyclic amines) is 1. The first-order valence-corrected chi connectivity index (χ1v) is 7.52. The van der Waals surface area contributed by atoms with Gasteiger partial charge in [0.1, 0.15) is 0 Å². The fourth-order valence-corrected chi connectivity index (χ4v) is 2.64. The van der Waals surface area contributed by atoms with Crippen molar-refractivity contribution in [2.24, 2.45) is 11.8 Å². The Labute approximate surface area is 113 Å². The van der Waals surface area contributed by atoms with E-state index in [0.717, 1.165) is 24.8 Å². The van der Waals surface area contributed by atoms with Crippen LogP contribution in [0.2, 0.25) is 0 Å². The van der Waals surface area contributed by atoms with Crippen LogP contribution in [0, 0.1) is 23.2 Å². The van der Waals surface area contributed by atoms with E-state index in [4.69, 9.17) is 5.26 Å². The first-order valence-electron chi connectivity index (χ1n) is 7.52. The number of nitrogens with zero attached hydrogens (tertiary/aromatic N) is 2.